The van der Waals surface area contributed by atoms with Gasteiger partial charge in [-0.15, -0.1) is 0 Å². The van der Waals surface area contributed by atoms with Crippen LogP contribution in [0, 0.1) is 35.5 Å². The Bertz CT molecular complexity index is 3880. The van der Waals surface area contributed by atoms with Crippen LogP contribution in [-0.2, 0) is 44.8 Å². The number of hydrogen-bond acceptors (Lipinski definition) is 15. The van der Waals surface area contributed by atoms with E-state index in [0.717, 1.165) is 37.7 Å². The largest absolute Gasteiger partial charge is 0.344 e. The second kappa shape index (κ2) is 32.2. The number of thioether (sulfide) groups is 7. The molecule has 16 nitrogen and oxygen atoms in total. The van der Waals surface area contributed by atoms with Gasteiger partial charge in [-0.3, -0.25) is 38.4 Å². The quantitative estimate of drug-likeness (QED) is 0.186. The van der Waals surface area contributed by atoms with Gasteiger partial charge in [0.05, 0.1) is 56.3 Å². The number of piperidine rings is 2. The highest BCUT2D eigenvalue weighted by Crippen LogP contribution is 2.91. The SMILES string of the molecule is CCCN1CCSC(C)(C)C(C2(C3C(=O)N(CC)CCSC3(C)C)C(C3C(=O)N4CCCCC4CCSC3(C)C)(C3C(=O)N4CCCCC4CSC3(C)C)N(c3ccccc3)C(=O)[C](C3C(=O)N4CCCC4CSC3(C)C)C(C)(C)S2(C2C(=O)N(C)CCSC2(C)C)C2C(=O)N(C)C(Cc3ccccc3)CSC2(C)C)C1=O. The highest BCUT2D eigenvalue weighted by atomic mass is 32.3. The first-order chi connectivity index (χ1) is 52.6. The fraction of sp³-hybridized carbons (Fsp3) is 0.761. The Morgan fingerprint density at radius 2 is 0.875 bits per heavy atom. The van der Waals surface area contributed by atoms with Crippen molar-refractivity contribution in [2.75, 3.05) is 112 Å². The van der Waals surface area contributed by atoms with Gasteiger partial charge >= 0.3 is 0 Å². The Morgan fingerprint density at radius 1 is 0.420 bits per heavy atom. The Balaban J connectivity index is 1.48. The number of rotatable bonds is 13. The van der Waals surface area contributed by atoms with E-state index in [9.17, 15) is 0 Å². The molecule has 2 aromatic carbocycles. The third-order valence-corrected chi connectivity index (χ3v) is 46.0. The van der Waals surface area contributed by atoms with Gasteiger partial charge < -0.3 is 39.2 Å². The third-order valence-electron chi connectivity index (χ3n) is 28.7. The van der Waals surface area contributed by atoms with Crippen molar-refractivity contribution in [2.45, 2.75) is 278 Å². The van der Waals surface area contributed by atoms with E-state index in [0.29, 0.717) is 130 Å². The molecule has 14 atom stereocenters. The molecule has 8 amide bonds. The maximum absolute atomic E-state index is 20.9. The van der Waals surface area contributed by atoms with Crippen LogP contribution in [-0.4, -0.2) is 271 Å². The lowest BCUT2D eigenvalue weighted by molar-refractivity contribution is -0.162. The topological polar surface area (TPSA) is 162 Å². The lowest BCUT2D eigenvalue weighted by Gasteiger charge is -2.81. The molecule has 11 heterocycles. The zero-order valence-corrected chi connectivity index (χ0v) is 77.7. The molecule has 11 aliphatic heterocycles. The molecule has 0 spiro atoms. The number of fused-ring (bicyclic) bond motifs is 3. The molecule has 0 bridgehead atoms. The van der Waals surface area contributed by atoms with Gasteiger partial charge in [-0.05, 0) is 198 Å². The number of amides is 8. The minimum absolute atomic E-state index is 0.164. The first-order valence-electron chi connectivity index (χ1n) is 42.2. The van der Waals surface area contributed by atoms with Crippen molar-refractivity contribution >= 4 is 145 Å². The third kappa shape index (κ3) is 14.0. The Morgan fingerprint density at radius 3 is 1.46 bits per heavy atom. The van der Waals surface area contributed by atoms with Crippen molar-refractivity contribution in [3.63, 3.8) is 0 Å². The van der Waals surface area contributed by atoms with Crippen LogP contribution in [0.25, 0.3) is 0 Å². The summed E-state index contributed by atoms with van der Waals surface area (Å²) in [5.74, 6) is -5.94. The first kappa shape index (κ1) is 86.8. The van der Waals surface area contributed by atoms with Gasteiger partial charge in [0.1, 0.15) is 0 Å². The maximum atomic E-state index is 20.9. The van der Waals surface area contributed by atoms with Gasteiger partial charge in [-0.1, -0.05) is 69.3 Å². The molecule has 0 aliphatic carbocycles. The number of anilines is 1. The van der Waals surface area contributed by atoms with Gasteiger partial charge in [0, 0.05) is 169 Å². The fourth-order valence-corrected chi connectivity index (χ4v) is 43.3. The monoisotopic (exact) mass is 1690 g/mol. The number of likely N-dealkylation sites (N-methyl/N-ethyl adjacent to an activating group) is 1. The minimum Gasteiger partial charge on any atom is -0.344 e. The summed E-state index contributed by atoms with van der Waals surface area (Å²) in [5.41, 5.74) is -1.14. The molecule has 24 heteroatoms. The van der Waals surface area contributed by atoms with Crippen molar-refractivity contribution in [3.05, 3.63) is 72.1 Å². The van der Waals surface area contributed by atoms with Gasteiger partial charge in [-0.2, -0.15) is 92.4 Å². The molecule has 0 N–H and O–H groups in total. The van der Waals surface area contributed by atoms with Crippen LogP contribution < -0.4 is 4.90 Å². The summed E-state index contributed by atoms with van der Waals surface area (Å²) in [6, 6.07) is 19.1. The highest BCUT2D eigenvalue weighted by Gasteiger charge is 2.92. The van der Waals surface area contributed by atoms with Crippen molar-refractivity contribution in [3.8, 4) is 0 Å². The number of carbonyl (C=O) groups is 8. The second-order valence-electron chi connectivity index (χ2n) is 38.5. The van der Waals surface area contributed by atoms with E-state index < -0.39 is 110 Å². The Labute approximate surface area is 703 Å². The molecule has 11 aliphatic rings. The van der Waals surface area contributed by atoms with E-state index >= 15 is 38.4 Å². The first-order valence-corrected chi connectivity index (χ1v) is 50.9. The molecule has 1 radical (unpaired) electrons. The molecule has 11 fully saturated rings. The summed E-state index contributed by atoms with van der Waals surface area (Å²) in [4.78, 5) is 174. The number of hydrogen-bond donors (Lipinski definition) is 0. The number of nitrogens with zero attached hydrogens (tertiary/aromatic N) is 8. The average Bonchev–Trinajstić information content (AvgIpc) is 1.26. The predicted octanol–water partition coefficient (Wildman–Crippen LogP) is 14.9. The Hall–Kier alpha value is -3.00. The van der Waals surface area contributed by atoms with Gasteiger partial charge in [-0.25, -0.2) is 0 Å². The van der Waals surface area contributed by atoms with E-state index in [1.807, 2.05) is 89.1 Å². The van der Waals surface area contributed by atoms with E-state index in [2.05, 4.69) is 149 Å². The van der Waals surface area contributed by atoms with E-state index in [-0.39, 0.29) is 71.9 Å². The van der Waals surface area contributed by atoms with Crippen LogP contribution in [0.5, 0.6) is 0 Å². The summed E-state index contributed by atoms with van der Waals surface area (Å²) < 4.78 is -13.6. The summed E-state index contributed by atoms with van der Waals surface area (Å²) >= 11 is 11.9. The summed E-state index contributed by atoms with van der Waals surface area (Å²) in [5, 5.41) is -2.86. The smallest absolute Gasteiger partial charge is 0.237 e. The van der Waals surface area contributed by atoms with E-state index in [1.54, 1.807) is 82.3 Å². The van der Waals surface area contributed by atoms with Crippen LogP contribution in [0.4, 0.5) is 5.69 Å². The lowest BCUT2D eigenvalue weighted by atomic mass is 9.48. The van der Waals surface area contributed by atoms with Crippen LogP contribution >= 0.6 is 92.4 Å². The Kier molecular flexibility index (Phi) is 25.0. The lowest BCUT2D eigenvalue weighted by Crippen LogP contribution is -2.90. The molecule has 112 heavy (non-hydrogen) atoms. The van der Waals surface area contributed by atoms with Crippen LogP contribution in [0.1, 0.15) is 194 Å². The van der Waals surface area contributed by atoms with Gasteiger partial charge in [0.25, 0.3) is 0 Å². The fourth-order valence-electron chi connectivity index (χ4n) is 23.9. The summed E-state index contributed by atoms with van der Waals surface area (Å²) in [6.07, 6.45) is 7.90. The van der Waals surface area contributed by atoms with E-state index in [1.165, 1.54) is 0 Å². The zero-order valence-electron chi connectivity index (χ0n) is 71.1. The predicted molar refractivity (Wildman–Crippen MR) is 477 cm³/mol. The van der Waals surface area contributed by atoms with Crippen LogP contribution in [0.15, 0.2) is 60.7 Å². The molecule has 2 aromatic rings. The van der Waals surface area contributed by atoms with Crippen molar-refractivity contribution in [1.29, 1.82) is 0 Å². The molecule has 13 rings (SSSR count). The van der Waals surface area contributed by atoms with E-state index in [4.69, 9.17) is 0 Å². The normalized spacial score (nSPS) is 37.2. The zero-order chi connectivity index (χ0) is 81.2. The number of carbonyl (C=O) groups excluding carboxylic acids is 8. The molecule has 621 valence electrons. The molecule has 0 saturated carbocycles. The summed E-state index contributed by atoms with van der Waals surface area (Å²) in [6.45, 7) is 42.0. The standard InChI is InChI=1S/C88H133N8O8S8/c1-21-42-92-48-52-107-83(11,12)68(74(92)100)88(67-73(99)91(22-2)47-51-106-82(67,9)10)87(66-76(102)95-44-32-30-39-60(95)55-110-81(66,7)8,65-75(101)93-43-31-29-36-58(93)41-49-105-80(65,5)6)96(59-37-27-24-28-38-59)72(98)64(63-71(97)94-45-33-40-61(94)54-109-79(63,3)4)86(17,18)112(88,69-77(103)89(19)46-50-108-84(69,13)14)70-78(104)90(20)62(56-111-85(70,15)16)53-57-34-25-23-26-35-57/h23-28,34-35,37-38,58,60-63,65-70H,21-22,29-33,36,39-56H2,1-20H3. The van der Waals surface area contributed by atoms with Crippen molar-refractivity contribution in [2.24, 2.45) is 29.6 Å². The minimum atomic E-state index is -4.56. The van der Waals surface area contributed by atoms with Gasteiger partial charge in [0.2, 0.25) is 47.3 Å². The number of benzene rings is 2. The van der Waals surface area contributed by atoms with Crippen molar-refractivity contribution in [1.82, 2.24) is 34.3 Å². The maximum Gasteiger partial charge on any atom is 0.237 e. The average molecular weight is 1690 g/mol. The molecule has 11 saturated heterocycles. The van der Waals surface area contributed by atoms with Crippen molar-refractivity contribution < 1.29 is 38.4 Å². The van der Waals surface area contributed by atoms with Crippen LogP contribution in [0.3, 0.4) is 0 Å². The second-order valence-corrected chi connectivity index (χ2v) is 54.6. The summed E-state index contributed by atoms with van der Waals surface area (Å²) in [7, 11) is -0.696. The molecular formula is C88H133N8O8S8. The molecule has 0 aromatic heterocycles. The highest BCUT2D eigenvalue weighted by molar-refractivity contribution is 8.38. The molecule has 14 unspecified atom stereocenters. The molecular weight excluding hydrogens is 1550 g/mol. The van der Waals surface area contributed by atoms with Gasteiger partial charge in [0.15, 0.2) is 0 Å². The number of para-hydroxylation sites is 1. The van der Waals surface area contributed by atoms with Crippen LogP contribution in [0.2, 0.25) is 0 Å².